The summed E-state index contributed by atoms with van der Waals surface area (Å²) in [7, 11) is 3.61. The molecule has 2 aliphatic rings. The summed E-state index contributed by atoms with van der Waals surface area (Å²) in [6, 6.07) is 9.38. The number of fused-ring (bicyclic) bond motifs is 2. The lowest BCUT2D eigenvalue weighted by Gasteiger charge is -2.35. The zero-order valence-corrected chi connectivity index (χ0v) is 12.8. The maximum absolute atomic E-state index is 12.5. The molecular weight excluding hydrogens is 264 g/mol. The van der Waals surface area contributed by atoms with Gasteiger partial charge in [-0.3, -0.25) is 4.79 Å². The number of benzene rings is 1. The van der Waals surface area contributed by atoms with Gasteiger partial charge in [0.2, 0.25) is 5.91 Å². The average Bonchev–Trinajstić information content (AvgIpc) is 2.85. The largest absolute Gasteiger partial charge is 0.497 e. The van der Waals surface area contributed by atoms with Crippen LogP contribution in [-0.2, 0) is 11.2 Å². The highest BCUT2D eigenvalue weighted by Crippen LogP contribution is 2.29. The summed E-state index contributed by atoms with van der Waals surface area (Å²) in [5.74, 6) is 1.01. The molecular formula is C17H24N2O2. The van der Waals surface area contributed by atoms with E-state index in [1.807, 2.05) is 36.2 Å². The number of piperidine rings is 1. The first-order valence-corrected chi connectivity index (χ1v) is 7.80. The van der Waals surface area contributed by atoms with E-state index in [-0.39, 0.29) is 5.91 Å². The van der Waals surface area contributed by atoms with E-state index in [0.717, 1.165) is 24.2 Å². The second-order valence-corrected chi connectivity index (χ2v) is 6.30. The Morgan fingerprint density at radius 3 is 2.71 bits per heavy atom. The standard InChI is InChI=1S/C17H24N2O2/c1-19(15-10-13-6-7-14(11-15)18-13)17(20)9-12-4-3-5-16(8-12)21-2/h3-5,8,13-15,18H,6-7,9-11H2,1-2H3. The minimum atomic E-state index is 0.203. The molecule has 0 saturated carbocycles. The quantitative estimate of drug-likeness (QED) is 0.921. The average molecular weight is 288 g/mol. The van der Waals surface area contributed by atoms with Gasteiger partial charge in [-0.1, -0.05) is 12.1 Å². The molecule has 2 saturated heterocycles. The predicted octanol–water partition coefficient (Wildman–Crippen LogP) is 1.98. The molecule has 0 aromatic heterocycles. The Morgan fingerprint density at radius 1 is 1.33 bits per heavy atom. The minimum Gasteiger partial charge on any atom is -0.497 e. The number of nitrogens with one attached hydrogen (secondary N) is 1. The number of likely N-dealkylation sites (N-methyl/N-ethyl adjacent to an activating group) is 1. The molecule has 1 aromatic carbocycles. The highest BCUT2D eigenvalue weighted by molar-refractivity contribution is 5.79. The van der Waals surface area contributed by atoms with Crippen LogP contribution in [0, 0.1) is 0 Å². The van der Waals surface area contributed by atoms with Crippen LogP contribution in [0.1, 0.15) is 31.2 Å². The molecule has 1 amide bonds. The fraction of sp³-hybridized carbons (Fsp3) is 0.588. The third-order valence-corrected chi connectivity index (χ3v) is 4.88. The van der Waals surface area contributed by atoms with E-state index in [9.17, 15) is 4.79 Å². The molecule has 3 rings (SSSR count). The maximum atomic E-state index is 12.5. The fourth-order valence-corrected chi connectivity index (χ4v) is 3.63. The van der Waals surface area contributed by atoms with Gasteiger partial charge in [0.1, 0.15) is 5.75 Å². The number of hydrogen-bond acceptors (Lipinski definition) is 3. The fourth-order valence-electron chi connectivity index (χ4n) is 3.63. The van der Waals surface area contributed by atoms with E-state index in [1.165, 1.54) is 12.8 Å². The van der Waals surface area contributed by atoms with Crippen LogP contribution >= 0.6 is 0 Å². The van der Waals surface area contributed by atoms with Gasteiger partial charge in [0, 0.05) is 25.2 Å². The normalized spacial score (nSPS) is 27.4. The van der Waals surface area contributed by atoms with Gasteiger partial charge in [-0.05, 0) is 43.4 Å². The van der Waals surface area contributed by atoms with Crippen molar-refractivity contribution in [3.05, 3.63) is 29.8 Å². The molecule has 4 nitrogen and oxygen atoms in total. The third-order valence-electron chi connectivity index (χ3n) is 4.88. The van der Waals surface area contributed by atoms with Crippen molar-refractivity contribution in [1.29, 1.82) is 0 Å². The monoisotopic (exact) mass is 288 g/mol. The van der Waals surface area contributed by atoms with E-state index in [1.54, 1.807) is 7.11 Å². The molecule has 21 heavy (non-hydrogen) atoms. The Kier molecular flexibility index (Phi) is 4.15. The molecule has 2 aliphatic heterocycles. The number of ether oxygens (including phenoxy) is 1. The van der Waals surface area contributed by atoms with Crippen LogP contribution < -0.4 is 10.1 Å². The SMILES string of the molecule is COc1cccc(CC(=O)N(C)C2CC3CCC(C2)N3)c1. The van der Waals surface area contributed by atoms with Gasteiger partial charge in [-0.15, -0.1) is 0 Å². The lowest BCUT2D eigenvalue weighted by Crippen LogP contribution is -2.49. The van der Waals surface area contributed by atoms with Gasteiger partial charge in [0.05, 0.1) is 13.5 Å². The van der Waals surface area contributed by atoms with E-state index < -0.39 is 0 Å². The van der Waals surface area contributed by atoms with Crippen LogP contribution in [0.2, 0.25) is 0 Å². The van der Waals surface area contributed by atoms with Crippen molar-refractivity contribution >= 4 is 5.91 Å². The zero-order chi connectivity index (χ0) is 14.8. The second kappa shape index (κ2) is 6.06. The van der Waals surface area contributed by atoms with Gasteiger partial charge in [-0.2, -0.15) is 0 Å². The summed E-state index contributed by atoms with van der Waals surface area (Å²) in [5.41, 5.74) is 1.02. The molecule has 1 aromatic rings. The van der Waals surface area contributed by atoms with Gasteiger partial charge < -0.3 is 15.0 Å². The van der Waals surface area contributed by atoms with Crippen LogP contribution in [0.5, 0.6) is 5.75 Å². The van der Waals surface area contributed by atoms with Crippen molar-refractivity contribution in [3.63, 3.8) is 0 Å². The number of methoxy groups -OCH3 is 1. The first kappa shape index (κ1) is 14.4. The Hall–Kier alpha value is -1.55. The summed E-state index contributed by atoms with van der Waals surface area (Å²) in [5, 5.41) is 3.62. The van der Waals surface area contributed by atoms with Crippen LogP contribution in [0.25, 0.3) is 0 Å². The maximum Gasteiger partial charge on any atom is 0.226 e. The Labute approximate surface area is 126 Å². The lowest BCUT2D eigenvalue weighted by atomic mass is 9.98. The smallest absolute Gasteiger partial charge is 0.226 e. The summed E-state index contributed by atoms with van der Waals surface area (Å²) >= 11 is 0. The van der Waals surface area contributed by atoms with Crippen molar-refractivity contribution in [2.45, 2.75) is 50.2 Å². The van der Waals surface area contributed by atoms with Crippen molar-refractivity contribution < 1.29 is 9.53 Å². The van der Waals surface area contributed by atoms with Crippen LogP contribution in [0.3, 0.4) is 0 Å². The molecule has 114 valence electrons. The molecule has 2 fully saturated rings. The van der Waals surface area contributed by atoms with Crippen molar-refractivity contribution in [2.75, 3.05) is 14.2 Å². The predicted molar refractivity (Wildman–Crippen MR) is 82.4 cm³/mol. The number of nitrogens with zero attached hydrogens (tertiary/aromatic N) is 1. The Morgan fingerprint density at radius 2 is 2.05 bits per heavy atom. The van der Waals surface area contributed by atoms with Gasteiger partial charge in [0.25, 0.3) is 0 Å². The molecule has 2 heterocycles. The Balaban J connectivity index is 1.61. The first-order valence-electron chi connectivity index (χ1n) is 7.80. The minimum absolute atomic E-state index is 0.203. The van der Waals surface area contributed by atoms with Crippen LogP contribution in [-0.4, -0.2) is 43.1 Å². The topological polar surface area (TPSA) is 41.6 Å². The van der Waals surface area contributed by atoms with Crippen molar-refractivity contribution in [2.24, 2.45) is 0 Å². The first-order chi connectivity index (χ1) is 10.2. The molecule has 4 heteroatoms. The number of amides is 1. The molecule has 0 aliphatic carbocycles. The van der Waals surface area contributed by atoms with Crippen molar-refractivity contribution in [1.82, 2.24) is 10.2 Å². The van der Waals surface area contributed by atoms with Gasteiger partial charge >= 0.3 is 0 Å². The highest BCUT2D eigenvalue weighted by Gasteiger charge is 2.36. The Bertz CT molecular complexity index is 505. The molecule has 2 unspecified atom stereocenters. The number of carbonyl (C=O) groups is 1. The van der Waals surface area contributed by atoms with Gasteiger partial charge in [0.15, 0.2) is 0 Å². The third kappa shape index (κ3) is 3.21. The lowest BCUT2D eigenvalue weighted by molar-refractivity contribution is -0.131. The summed E-state index contributed by atoms with van der Waals surface area (Å²) in [6.07, 6.45) is 5.17. The van der Waals surface area contributed by atoms with Gasteiger partial charge in [-0.25, -0.2) is 0 Å². The second-order valence-electron chi connectivity index (χ2n) is 6.30. The van der Waals surface area contributed by atoms with E-state index in [2.05, 4.69) is 5.32 Å². The van der Waals surface area contributed by atoms with Crippen LogP contribution in [0.4, 0.5) is 0 Å². The molecule has 0 radical (unpaired) electrons. The van der Waals surface area contributed by atoms with E-state index in [4.69, 9.17) is 4.74 Å². The molecule has 1 N–H and O–H groups in total. The highest BCUT2D eigenvalue weighted by atomic mass is 16.5. The molecule has 2 atom stereocenters. The number of hydrogen-bond donors (Lipinski definition) is 1. The van der Waals surface area contributed by atoms with Crippen molar-refractivity contribution in [3.8, 4) is 5.75 Å². The van der Waals surface area contributed by atoms with Crippen LogP contribution in [0.15, 0.2) is 24.3 Å². The number of carbonyl (C=O) groups excluding carboxylic acids is 1. The summed E-state index contributed by atoms with van der Waals surface area (Å²) in [4.78, 5) is 14.5. The molecule has 0 spiro atoms. The summed E-state index contributed by atoms with van der Waals surface area (Å²) < 4.78 is 5.22. The van der Waals surface area contributed by atoms with E-state index in [0.29, 0.717) is 24.5 Å². The molecule has 2 bridgehead atoms. The summed E-state index contributed by atoms with van der Waals surface area (Å²) in [6.45, 7) is 0. The number of rotatable bonds is 4. The van der Waals surface area contributed by atoms with E-state index >= 15 is 0 Å². The zero-order valence-electron chi connectivity index (χ0n) is 12.8.